The summed E-state index contributed by atoms with van der Waals surface area (Å²) in [5, 5.41) is 45.1. The Morgan fingerprint density at radius 1 is 0.845 bits per heavy atom. The van der Waals surface area contributed by atoms with Crippen LogP contribution in [0, 0.1) is 11.8 Å². The van der Waals surface area contributed by atoms with E-state index < -0.39 is 85.1 Å². The van der Waals surface area contributed by atoms with Gasteiger partial charge in [-0.2, -0.15) is 0 Å². The summed E-state index contributed by atoms with van der Waals surface area (Å²) in [6, 6.07) is -0.356. The zero-order valence-corrected chi connectivity index (χ0v) is 37.0. The second kappa shape index (κ2) is 22.0. The molecule has 336 valence electrons. The van der Waals surface area contributed by atoms with E-state index >= 15 is 0 Å². The molecule has 15 nitrogen and oxygen atoms in total. The fourth-order valence-electron chi connectivity index (χ4n) is 9.15. The van der Waals surface area contributed by atoms with Crippen LogP contribution < -0.4 is 0 Å². The van der Waals surface area contributed by atoms with Gasteiger partial charge in [-0.1, -0.05) is 44.6 Å². The van der Waals surface area contributed by atoms with Gasteiger partial charge in [-0.25, -0.2) is 0 Å². The summed E-state index contributed by atoms with van der Waals surface area (Å²) in [5.74, 6) is -0.888. The summed E-state index contributed by atoms with van der Waals surface area (Å²) in [7, 11) is 9.24. The van der Waals surface area contributed by atoms with Crippen LogP contribution in [0.25, 0.3) is 0 Å². The summed E-state index contributed by atoms with van der Waals surface area (Å²) in [6.07, 6.45) is 0.174. The molecule has 4 rings (SSSR count). The van der Waals surface area contributed by atoms with Crippen LogP contribution in [-0.4, -0.2) is 175 Å². The van der Waals surface area contributed by atoms with Crippen molar-refractivity contribution in [2.24, 2.45) is 11.8 Å². The number of likely N-dealkylation sites (N-methyl/N-ethyl adjacent to an activating group) is 2. The first-order valence-corrected chi connectivity index (χ1v) is 21.4. The molecule has 0 spiro atoms. The van der Waals surface area contributed by atoms with Gasteiger partial charge in [-0.05, 0) is 93.9 Å². The number of rotatable bonds is 10. The highest BCUT2D eigenvalue weighted by atomic mass is 16.7. The number of aliphatic hydroxyl groups is 4. The Balaban J connectivity index is 1.63. The van der Waals surface area contributed by atoms with Crippen molar-refractivity contribution < 1.29 is 63.1 Å². The number of hydrogen-bond donors (Lipinski definition) is 4. The Morgan fingerprint density at radius 2 is 1.53 bits per heavy atom. The molecule has 0 radical (unpaired) electrons. The predicted octanol–water partition coefficient (Wildman–Crippen LogP) is 3.15. The van der Waals surface area contributed by atoms with Crippen LogP contribution in [-0.2, 0) is 42.7 Å². The zero-order chi connectivity index (χ0) is 43.1. The van der Waals surface area contributed by atoms with Crippen LogP contribution in [0.2, 0.25) is 0 Å². The molecule has 0 amide bonds. The van der Waals surface area contributed by atoms with Crippen molar-refractivity contribution >= 4 is 5.97 Å². The van der Waals surface area contributed by atoms with E-state index in [9.17, 15) is 25.2 Å². The first-order valence-electron chi connectivity index (χ1n) is 21.4. The van der Waals surface area contributed by atoms with Crippen molar-refractivity contribution in [2.75, 3.05) is 35.3 Å². The summed E-state index contributed by atoms with van der Waals surface area (Å²) in [6.45, 7) is 13.1. The lowest BCUT2D eigenvalue weighted by Gasteiger charge is -2.50. The van der Waals surface area contributed by atoms with Crippen LogP contribution in [0.1, 0.15) is 93.4 Å². The number of cyclic esters (lactones) is 1. The van der Waals surface area contributed by atoms with Crippen molar-refractivity contribution in [2.45, 2.75) is 197 Å². The molecule has 0 aromatic rings. The van der Waals surface area contributed by atoms with Crippen molar-refractivity contribution in [3.63, 3.8) is 0 Å². The van der Waals surface area contributed by atoms with Crippen LogP contribution in [0.15, 0.2) is 24.3 Å². The van der Waals surface area contributed by atoms with E-state index in [1.807, 2.05) is 57.1 Å². The normalized spacial score (nSPS) is 46.5. The van der Waals surface area contributed by atoms with E-state index in [1.54, 1.807) is 20.8 Å². The molecule has 4 aliphatic heterocycles. The maximum Gasteiger partial charge on any atom is 0.308 e. The van der Waals surface area contributed by atoms with Gasteiger partial charge in [0.1, 0.15) is 30.5 Å². The number of carbonyl (C=O) groups excluding carboxylic acids is 1. The van der Waals surface area contributed by atoms with E-state index in [1.165, 1.54) is 7.11 Å². The second-order valence-electron chi connectivity index (χ2n) is 17.8. The molecule has 3 fully saturated rings. The first-order chi connectivity index (χ1) is 27.3. The minimum Gasteiger partial charge on any atom is -0.462 e. The molecule has 0 aliphatic carbocycles. The predicted molar refractivity (Wildman–Crippen MR) is 216 cm³/mol. The first kappa shape index (κ1) is 49.1. The van der Waals surface area contributed by atoms with E-state index in [4.69, 9.17) is 37.9 Å². The van der Waals surface area contributed by atoms with Gasteiger partial charge in [0.2, 0.25) is 0 Å². The molecular weight excluding hydrogens is 752 g/mol. The number of ether oxygens (including phenoxy) is 8. The molecule has 0 bridgehead atoms. The standard InChI is InChI=1S/C43H76N2O13/c1-13-29-21-24(2)32(56-34-20-19-30(44(8)9)26(4)53-34)18-16-14-15-17-25(3)52-33(47)22-31(46)40(51-12)39(29)58-42-37(48)36(45(10)11)38(27(5)55-42)57-35-23-43(7,50)41(49)28(6)54-35/h14-16,18,24-32,34-42,46,48-50H,13,17,19-23H2,1-12H3/b15-14-,18-16-/t24-,25-,26+,27-,28-,29+,30-,31+,32+,34+,35-,36+,37+,38+,39+,40+,41+,42-,43-/m1/s1. The SMILES string of the molecule is CC[C@H]1C[C@@H](C)[C@@H](O[C@H]2CC[C@@H](N(C)C)[C@H](C)O2)/C=C\C=C/C[C@@H](C)OC(=O)C[C@H](O)[C@H](OC)[C@H]1O[C@H]1O[C@H](C)[C@H](O[C@@H]2C[C@@](C)(O)[C@@H](O)[C@@H](C)O2)[C@@H](N(C)C)[C@@H]1O. The van der Waals surface area contributed by atoms with Crippen molar-refractivity contribution in [1.82, 2.24) is 9.80 Å². The van der Waals surface area contributed by atoms with Gasteiger partial charge in [0.25, 0.3) is 0 Å². The lowest BCUT2D eigenvalue weighted by Crippen LogP contribution is -2.65. The highest BCUT2D eigenvalue weighted by Crippen LogP contribution is 2.37. The lowest BCUT2D eigenvalue weighted by molar-refractivity contribution is -0.344. The summed E-state index contributed by atoms with van der Waals surface area (Å²) in [4.78, 5) is 17.1. The highest BCUT2D eigenvalue weighted by Gasteiger charge is 2.51. The van der Waals surface area contributed by atoms with Crippen LogP contribution in [0.4, 0.5) is 0 Å². The molecule has 0 unspecified atom stereocenters. The molecule has 3 saturated heterocycles. The number of aliphatic hydroxyl groups excluding tert-OH is 3. The third-order valence-corrected chi connectivity index (χ3v) is 12.5. The molecular formula is C43H76N2O13. The van der Waals surface area contributed by atoms with E-state index in [0.29, 0.717) is 25.3 Å². The third-order valence-electron chi connectivity index (χ3n) is 12.5. The molecule has 0 aromatic carbocycles. The van der Waals surface area contributed by atoms with Crippen molar-refractivity contribution in [3.05, 3.63) is 24.3 Å². The summed E-state index contributed by atoms with van der Waals surface area (Å²) >= 11 is 0. The molecule has 4 N–H and O–H groups in total. The van der Waals surface area contributed by atoms with E-state index in [0.717, 1.165) is 12.8 Å². The Morgan fingerprint density at radius 3 is 2.14 bits per heavy atom. The Labute approximate surface area is 346 Å². The van der Waals surface area contributed by atoms with E-state index in [-0.39, 0.29) is 43.2 Å². The smallest absolute Gasteiger partial charge is 0.308 e. The molecule has 0 saturated carbocycles. The number of nitrogens with zero attached hydrogens (tertiary/aromatic N) is 2. The Hall–Kier alpha value is -1.57. The monoisotopic (exact) mass is 829 g/mol. The van der Waals surface area contributed by atoms with Gasteiger partial charge in [0.15, 0.2) is 18.9 Å². The van der Waals surface area contributed by atoms with E-state index in [2.05, 4.69) is 32.8 Å². The number of methoxy groups -OCH3 is 1. The molecule has 15 heteroatoms. The summed E-state index contributed by atoms with van der Waals surface area (Å²) < 4.78 is 50.4. The van der Waals surface area contributed by atoms with Crippen molar-refractivity contribution in [3.8, 4) is 0 Å². The van der Waals surface area contributed by atoms with Crippen molar-refractivity contribution in [1.29, 1.82) is 0 Å². The second-order valence-corrected chi connectivity index (χ2v) is 17.8. The quantitative estimate of drug-likeness (QED) is 0.236. The molecule has 19 atom stereocenters. The number of esters is 1. The number of allylic oxidation sites excluding steroid dienone is 2. The van der Waals surface area contributed by atoms with Gasteiger partial charge in [-0.15, -0.1) is 0 Å². The van der Waals surface area contributed by atoms with Gasteiger partial charge in [0.05, 0.1) is 54.7 Å². The van der Waals surface area contributed by atoms with Crippen LogP contribution in [0.3, 0.4) is 0 Å². The van der Waals surface area contributed by atoms with Gasteiger partial charge >= 0.3 is 5.97 Å². The maximum atomic E-state index is 13.1. The average Bonchev–Trinajstić information content (AvgIpc) is 3.13. The van der Waals surface area contributed by atoms with Gasteiger partial charge in [-0.3, -0.25) is 4.79 Å². The molecule has 4 aliphatic rings. The zero-order valence-electron chi connectivity index (χ0n) is 37.0. The number of carbonyl (C=O) groups is 1. The maximum absolute atomic E-state index is 13.1. The number of hydrogen-bond acceptors (Lipinski definition) is 15. The van der Waals surface area contributed by atoms with Gasteiger partial charge in [0, 0.05) is 26.0 Å². The highest BCUT2D eigenvalue weighted by molar-refractivity contribution is 5.70. The Kier molecular flexibility index (Phi) is 18.6. The third kappa shape index (κ3) is 12.7. The molecule has 4 heterocycles. The van der Waals surface area contributed by atoms with Gasteiger partial charge < -0.3 is 68.1 Å². The minimum atomic E-state index is -1.44. The molecule has 0 aromatic heterocycles. The largest absolute Gasteiger partial charge is 0.462 e. The Bertz CT molecular complexity index is 1320. The lowest BCUT2D eigenvalue weighted by atomic mass is 9.82. The molecule has 58 heavy (non-hydrogen) atoms. The topological polar surface area (TPSA) is 178 Å². The minimum absolute atomic E-state index is 0.00438. The van der Waals surface area contributed by atoms with Crippen LogP contribution >= 0.6 is 0 Å². The summed E-state index contributed by atoms with van der Waals surface area (Å²) in [5.41, 5.74) is -1.44. The van der Waals surface area contributed by atoms with Crippen LogP contribution in [0.5, 0.6) is 0 Å². The fraction of sp³-hybridized carbons (Fsp3) is 0.884. The average molecular weight is 829 g/mol. The fourth-order valence-corrected chi connectivity index (χ4v) is 9.15.